The molecule has 0 amide bonds. The molecular formula is C24H32O2. The third kappa shape index (κ3) is 3.58. The van der Waals surface area contributed by atoms with Gasteiger partial charge in [0.25, 0.3) is 0 Å². The molecule has 2 heteroatoms. The molecule has 0 spiro atoms. The Balaban J connectivity index is 2.12. The molecule has 2 aromatic carbocycles. The van der Waals surface area contributed by atoms with Crippen LogP contribution >= 0.6 is 0 Å². The van der Waals surface area contributed by atoms with E-state index in [4.69, 9.17) is 0 Å². The lowest BCUT2D eigenvalue weighted by atomic mass is 9.67. The van der Waals surface area contributed by atoms with E-state index in [1.165, 1.54) is 16.7 Å². The van der Waals surface area contributed by atoms with Crippen LogP contribution in [0.4, 0.5) is 0 Å². The smallest absolute Gasteiger partial charge is 0.0705 e. The number of rotatable bonds is 6. The topological polar surface area (TPSA) is 40.5 Å². The van der Waals surface area contributed by atoms with Crippen molar-refractivity contribution in [3.05, 3.63) is 70.8 Å². The van der Waals surface area contributed by atoms with Crippen LogP contribution in [0.5, 0.6) is 0 Å². The molecule has 0 saturated heterocycles. The maximum Gasteiger partial charge on any atom is 0.0705 e. The van der Waals surface area contributed by atoms with Crippen LogP contribution in [0.2, 0.25) is 0 Å². The van der Waals surface area contributed by atoms with Gasteiger partial charge in [0.2, 0.25) is 0 Å². The van der Waals surface area contributed by atoms with Crippen LogP contribution in [0.15, 0.2) is 48.5 Å². The van der Waals surface area contributed by atoms with E-state index in [9.17, 15) is 10.2 Å². The van der Waals surface area contributed by atoms with Crippen molar-refractivity contribution in [2.45, 2.75) is 71.0 Å². The first-order chi connectivity index (χ1) is 12.6. The van der Waals surface area contributed by atoms with Gasteiger partial charge in [0.1, 0.15) is 0 Å². The minimum absolute atomic E-state index is 0.00162. The Hall–Kier alpha value is -1.64. The normalized spacial score (nSPS) is 25.5. The number of hydrogen-bond acceptors (Lipinski definition) is 2. The summed E-state index contributed by atoms with van der Waals surface area (Å²) in [7, 11) is 0. The Labute approximate surface area is 157 Å². The molecule has 2 N–H and O–H groups in total. The highest BCUT2D eigenvalue weighted by atomic mass is 16.3. The molecule has 26 heavy (non-hydrogen) atoms. The molecule has 1 aliphatic rings. The van der Waals surface area contributed by atoms with Crippen molar-refractivity contribution < 1.29 is 10.2 Å². The predicted molar refractivity (Wildman–Crippen MR) is 107 cm³/mol. The van der Waals surface area contributed by atoms with Gasteiger partial charge in [-0.2, -0.15) is 0 Å². The van der Waals surface area contributed by atoms with Crippen molar-refractivity contribution in [3.8, 4) is 0 Å². The summed E-state index contributed by atoms with van der Waals surface area (Å²) in [5.41, 5.74) is 4.62. The van der Waals surface area contributed by atoms with Crippen molar-refractivity contribution in [2.24, 2.45) is 5.41 Å². The van der Waals surface area contributed by atoms with Gasteiger partial charge >= 0.3 is 0 Å². The van der Waals surface area contributed by atoms with Crippen LogP contribution in [-0.2, 0) is 13.0 Å². The van der Waals surface area contributed by atoms with Gasteiger partial charge in [0.15, 0.2) is 0 Å². The lowest BCUT2D eigenvalue weighted by Gasteiger charge is -2.40. The molecular weight excluding hydrogens is 320 g/mol. The summed E-state index contributed by atoms with van der Waals surface area (Å²) in [6, 6.07) is 16.7. The molecule has 0 saturated carbocycles. The quantitative estimate of drug-likeness (QED) is 0.701. The van der Waals surface area contributed by atoms with Gasteiger partial charge in [-0.25, -0.2) is 0 Å². The van der Waals surface area contributed by atoms with Gasteiger partial charge < -0.3 is 10.2 Å². The summed E-state index contributed by atoms with van der Waals surface area (Å²) >= 11 is 0. The molecule has 0 radical (unpaired) electrons. The van der Waals surface area contributed by atoms with Crippen molar-refractivity contribution in [1.29, 1.82) is 0 Å². The van der Waals surface area contributed by atoms with Gasteiger partial charge in [0, 0.05) is 5.92 Å². The molecule has 2 nitrogen and oxygen atoms in total. The first-order valence-corrected chi connectivity index (χ1v) is 10.1. The first kappa shape index (κ1) is 19.1. The molecule has 140 valence electrons. The molecule has 3 rings (SSSR count). The molecule has 3 atom stereocenters. The van der Waals surface area contributed by atoms with Crippen LogP contribution in [0.3, 0.4) is 0 Å². The van der Waals surface area contributed by atoms with E-state index in [0.717, 1.165) is 44.1 Å². The highest BCUT2D eigenvalue weighted by Gasteiger charge is 2.43. The van der Waals surface area contributed by atoms with Crippen molar-refractivity contribution >= 4 is 0 Å². The number of aryl methyl sites for hydroxylation is 1. The zero-order valence-corrected chi connectivity index (χ0v) is 16.1. The van der Waals surface area contributed by atoms with Gasteiger partial charge in [-0.15, -0.1) is 0 Å². The summed E-state index contributed by atoms with van der Waals surface area (Å²) in [4.78, 5) is 0. The Morgan fingerprint density at radius 3 is 2.50 bits per heavy atom. The second-order valence-electron chi connectivity index (χ2n) is 7.84. The minimum atomic E-state index is -0.386. The molecule has 0 unspecified atom stereocenters. The fourth-order valence-electron chi connectivity index (χ4n) is 4.72. The van der Waals surface area contributed by atoms with Crippen molar-refractivity contribution in [3.63, 3.8) is 0 Å². The number of hydrogen-bond donors (Lipinski definition) is 2. The fourth-order valence-corrected chi connectivity index (χ4v) is 4.72. The van der Waals surface area contributed by atoms with Crippen LogP contribution in [-0.4, -0.2) is 16.3 Å². The van der Waals surface area contributed by atoms with E-state index in [1.807, 2.05) is 12.1 Å². The SMILES string of the molecule is CCCC[C@]1(CC)CCc2cc(CO)ccc2[C@H](c2ccccc2)[C@@H]1O. The zero-order valence-electron chi connectivity index (χ0n) is 16.1. The van der Waals surface area contributed by atoms with E-state index in [1.54, 1.807) is 0 Å². The highest BCUT2D eigenvalue weighted by molar-refractivity contribution is 5.43. The average Bonchev–Trinajstić information content (AvgIpc) is 2.81. The maximum atomic E-state index is 11.7. The fraction of sp³-hybridized carbons (Fsp3) is 0.500. The summed E-state index contributed by atoms with van der Waals surface area (Å²) in [5, 5.41) is 21.2. The van der Waals surface area contributed by atoms with Crippen molar-refractivity contribution in [2.75, 3.05) is 0 Å². The van der Waals surface area contributed by atoms with Crippen LogP contribution < -0.4 is 0 Å². The number of aliphatic hydroxyl groups is 2. The largest absolute Gasteiger partial charge is 0.392 e. The monoisotopic (exact) mass is 352 g/mol. The third-order valence-corrected chi connectivity index (χ3v) is 6.45. The highest BCUT2D eigenvalue weighted by Crippen LogP contribution is 2.48. The number of unbranched alkanes of at least 4 members (excludes halogenated alkanes) is 1. The first-order valence-electron chi connectivity index (χ1n) is 10.1. The van der Waals surface area contributed by atoms with E-state index in [-0.39, 0.29) is 24.0 Å². The van der Waals surface area contributed by atoms with E-state index < -0.39 is 0 Å². The molecule has 2 aromatic rings. The molecule has 0 aliphatic heterocycles. The third-order valence-electron chi connectivity index (χ3n) is 6.45. The van der Waals surface area contributed by atoms with Gasteiger partial charge in [-0.1, -0.05) is 75.2 Å². The molecule has 0 bridgehead atoms. The molecule has 1 aliphatic carbocycles. The Morgan fingerprint density at radius 2 is 1.85 bits per heavy atom. The number of benzene rings is 2. The minimum Gasteiger partial charge on any atom is -0.392 e. The van der Waals surface area contributed by atoms with Gasteiger partial charge in [0.05, 0.1) is 12.7 Å². The second-order valence-corrected chi connectivity index (χ2v) is 7.84. The summed E-state index contributed by atoms with van der Waals surface area (Å²) in [5.74, 6) is -0.00162. The molecule has 0 fully saturated rings. The lowest BCUT2D eigenvalue weighted by Crippen LogP contribution is -2.38. The van der Waals surface area contributed by atoms with Crippen LogP contribution in [0, 0.1) is 5.41 Å². The van der Waals surface area contributed by atoms with Crippen LogP contribution in [0.1, 0.15) is 74.1 Å². The van der Waals surface area contributed by atoms with E-state index in [0.29, 0.717) is 0 Å². The van der Waals surface area contributed by atoms with Crippen LogP contribution in [0.25, 0.3) is 0 Å². The van der Waals surface area contributed by atoms with Gasteiger partial charge in [-0.3, -0.25) is 0 Å². The lowest BCUT2D eigenvalue weighted by molar-refractivity contribution is -0.00156. The van der Waals surface area contributed by atoms with E-state index >= 15 is 0 Å². The van der Waals surface area contributed by atoms with Gasteiger partial charge in [-0.05, 0) is 53.4 Å². The van der Waals surface area contributed by atoms with Crippen molar-refractivity contribution in [1.82, 2.24) is 0 Å². The molecule has 0 heterocycles. The predicted octanol–water partition coefficient (Wildman–Crippen LogP) is 5.20. The maximum absolute atomic E-state index is 11.7. The number of aliphatic hydroxyl groups excluding tert-OH is 2. The number of fused-ring (bicyclic) bond motifs is 1. The Morgan fingerprint density at radius 1 is 1.08 bits per heavy atom. The van der Waals surface area contributed by atoms with E-state index in [2.05, 4.69) is 50.2 Å². The second kappa shape index (κ2) is 8.37. The standard InChI is InChI=1S/C24H32O2/c1-3-5-14-24(4-2)15-13-20-16-18(17-25)11-12-21(20)22(23(24)26)19-9-7-6-8-10-19/h6-12,16,22-23,25-26H,3-5,13-15,17H2,1-2H3/t22-,23-,24+/m0/s1. The summed E-state index contributed by atoms with van der Waals surface area (Å²) in [6.07, 6.45) is 5.99. The average molecular weight is 353 g/mol. The summed E-state index contributed by atoms with van der Waals surface area (Å²) in [6.45, 7) is 4.53. The Bertz CT molecular complexity index is 709. The zero-order chi connectivity index (χ0) is 18.6. The summed E-state index contributed by atoms with van der Waals surface area (Å²) < 4.78 is 0. The molecule has 0 aromatic heterocycles. The Kier molecular flexibility index (Phi) is 6.16.